The van der Waals surface area contributed by atoms with Crippen molar-refractivity contribution in [3.05, 3.63) is 11.7 Å². The van der Waals surface area contributed by atoms with E-state index in [1.54, 1.807) is 18.9 Å². The first-order valence-corrected chi connectivity index (χ1v) is 13.0. The van der Waals surface area contributed by atoms with Crippen LogP contribution in [0.2, 0.25) is 0 Å². The highest BCUT2D eigenvalue weighted by molar-refractivity contribution is 5.71. The van der Waals surface area contributed by atoms with Gasteiger partial charge >= 0.3 is 11.9 Å². The molecule has 1 heterocycles. The van der Waals surface area contributed by atoms with Crippen LogP contribution in [0.5, 0.6) is 0 Å². The molecule has 0 bridgehead atoms. The molecule has 8 nitrogen and oxygen atoms in total. The second kappa shape index (κ2) is 15.8. The van der Waals surface area contributed by atoms with Crippen molar-refractivity contribution in [3.63, 3.8) is 0 Å². The summed E-state index contributed by atoms with van der Waals surface area (Å²) in [6.45, 7) is 12.3. The number of hydrogen-bond donors (Lipinski definition) is 0. The van der Waals surface area contributed by atoms with Crippen LogP contribution in [0, 0.1) is 5.92 Å². The van der Waals surface area contributed by atoms with Gasteiger partial charge in [-0.25, -0.2) is 0 Å². The molecule has 1 fully saturated rings. The lowest BCUT2D eigenvalue weighted by Crippen LogP contribution is -2.27. The summed E-state index contributed by atoms with van der Waals surface area (Å²) in [4.78, 5) is 30.5. The highest BCUT2D eigenvalue weighted by Crippen LogP contribution is 2.31. The third kappa shape index (κ3) is 12.5. The molecule has 1 aromatic heterocycles. The first-order chi connectivity index (χ1) is 16.2. The largest absolute Gasteiger partial charge is 0.465 e. The molecule has 1 aromatic rings. The fraction of sp³-hybridized carbons (Fsp3) is 0.846. The van der Waals surface area contributed by atoms with E-state index in [9.17, 15) is 9.59 Å². The number of aromatic nitrogens is 2. The Kier molecular flexibility index (Phi) is 14.0. The minimum absolute atomic E-state index is 0.153. The fourth-order valence-electron chi connectivity index (χ4n) is 4.25. The summed E-state index contributed by atoms with van der Waals surface area (Å²) in [5, 5.41) is 4.08. The summed E-state index contributed by atoms with van der Waals surface area (Å²) in [6.07, 6.45) is 9.89. The van der Waals surface area contributed by atoms with E-state index in [2.05, 4.69) is 10.1 Å². The van der Waals surface area contributed by atoms with E-state index < -0.39 is 5.60 Å². The molecule has 2 rings (SSSR count). The fourth-order valence-corrected chi connectivity index (χ4v) is 4.25. The van der Waals surface area contributed by atoms with E-state index in [1.807, 2.05) is 34.6 Å². The molecule has 0 N–H and O–H groups in total. The standard InChI is InChI=1S/C24H41N3O5.C2H6/c1-6-30-22(29)17-27(5)16-20-25-23(32-26-20)19(15-21(28)31-24(2,3)4)14-10-13-18-11-8-7-9-12-18;1-2/h18-19H,6-17H2,1-5H3;1-2H3/t19-;/m1./s1. The average Bonchev–Trinajstić information content (AvgIpc) is 3.22. The second-order valence-corrected chi connectivity index (χ2v) is 9.95. The monoisotopic (exact) mass is 481 g/mol. The van der Waals surface area contributed by atoms with Crippen LogP contribution in [0.4, 0.5) is 0 Å². The molecule has 0 aliphatic heterocycles. The lowest BCUT2D eigenvalue weighted by atomic mass is 9.84. The van der Waals surface area contributed by atoms with Crippen molar-refractivity contribution in [1.82, 2.24) is 15.0 Å². The third-order valence-electron chi connectivity index (χ3n) is 5.67. The van der Waals surface area contributed by atoms with Gasteiger partial charge in [-0.05, 0) is 47.1 Å². The molecule has 0 amide bonds. The van der Waals surface area contributed by atoms with Gasteiger partial charge in [0.2, 0.25) is 5.89 Å². The first kappa shape index (κ1) is 30.1. The lowest BCUT2D eigenvalue weighted by molar-refractivity contribution is -0.155. The van der Waals surface area contributed by atoms with Crippen LogP contribution in [0.15, 0.2) is 4.52 Å². The Morgan fingerprint density at radius 3 is 2.44 bits per heavy atom. The van der Waals surface area contributed by atoms with Crippen molar-refractivity contribution in [1.29, 1.82) is 0 Å². The van der Waals surface area contributed by atoms with E-state index in [-0.39, 0.29) is 30.8 Å². The van der Waals surface area contributed by atoms with Crippen LogP contribution in [-0.4, -0.2) is 52.8 Å². The van der Waals surface area contributed by atoms with Crippen LogP contribution in [0.1, 0.15) is 117 Å². The molecule has 0 saturated heterocycles. The Bertz CT molecular complexity index is 708. The van der Waals surface area contributed by atoms with Crippen LogP contribution < -0.4 is 0 Å². The Labute approximate surface area is 206 Å². The summed E-state index contributed by atoms with van der Waals surface area (Å²) in [5.41, 5.74) is -0.528. The third-order valence-corrected chi connectivity index (χ3v) is 5.67. The van der Waals surface area contributed by atoms with Gasteiger partial charge in [0, 0.05) is 5.92 Å². The van der Waals surface area contributed by atoms with E-state index in [1.165, 1.54) is 38.5 Å². The van der Waals surface area contributed by atoms with E-state index in [0.29, 0.717) is 24.9 Å². The second-order valence-electron chi connectivity index (χ2n) is 9.95. The van der Waals surface area contributed by atoms with Gasteiger partial charge in [0.05, 0.1) is 26.1 Å². The number of hydrogen-bond acceptors (Lipinski definition) is 8. The summed E-state index contributed by atoms with van der Waals surface area (Å²) >= 11 is 0. The molecule has 1 saturated carbocycles. The van der Waals surface area contributed by atoms with Gasteiger partial charge in [0.25, 0.3) is 0 Å². The molecule has 1 atom stereocenters. The smallest absolute Gasteiger partial charge is 0.320 e. The van der Waals surface area contributed by atoms with Gasteiger partial charge in [-0.3, -0.25) is 14.5 Å². The van der Waals surface area contributed by atoms with Crippen molar-refractivity contribution in [2.24, 2.45) is 5.92 Å². The van der Waals surface area contributed by atoms with Gasteiger partial charge in [-0.2, -0.15) is 4.98 Å². The molecule has 0 spiro atoms. The van der Waals surface area contributed by atoms with Crippen LogP contribution in [0.3, 0.4) is 0 Å². The normalized spacial score (nSPS) is 15.4. The minimum Gasteiger partial charge on any atom is -0.465 e. The maximum Gasteiger partial charge on any atom is 0.320 e. The molecule has 8 heteroatoms. The summed E-state index contributed by atoms with van der Waals surface area (Å²) in [6, 6.07) is 0. The van der Waals surface area contributed by atoms with Gasteiger partial charge < -0.3 is 14.0 Å². The van der Waals surface area contributed by atoms with Gasteiger partial charge in [-0.15, -0.1) is 0 Å². The number of likely N-dealkylation sites (N-methyl/N-ethyl adjacent to an activating group) is 1. The van der Waals surface area contributed by atoms with Crippen LogP contribution in [-0.2, 0) is 25.6 Å². The Morgan fingerprint density at radius 1 is 1.15 bits per heavy atom. The van der Waals surface area contributed by atoms with E-state index >= 15 is 0 Å². The topological polar surface area (TPSA) is 94.8 Å². The van der Waals surface area contributed by atoms with E-state index in [0.717, 1.165) is 18.8 Å². The van der Waals surface area contributed by atoms with Gasteiger partial charge in [-0.1, -0.05) is 63.9 Å². The number of carbonyl (C=O) groups is 2. The Morgan fingerprint density at radius 2 is 1.82 bits per heavy atom. The van der Waals surface area contributed by atoms with Crippen molar-refractivity contribution in [2.75, 3.05) is 20.2 Å². The van der Waals surface area contributed by atoms with Crippen LogP contribution in [0.25, 0.3) is 0 Å². The number of rotatable bonds is 12. The van der Waals surface area contributed by atoms with Crippen molar-refractivity contribution in [2.45, 2.75) is 117 Å². The zero-order valence-electron chi connectivity index (χ0n) is 22.5. The molecule has 0 radical (unpaired) electrons. The minimum atomic E-state index is -0.528. The summed E-state index contributed by atoms with van der Waals surface area (Å²) in [7, 11) is 1.80. The molecular formula is C26H47N3O5. The zero-order valence-corrected chi connectivity index (χ0v) is 22.5. The number of nitrogens with zero attached hydrogens (tertiary/aromatic N) is 3. The average molecular weight is 482 g/mol. The van der Waals surface area contributed by atoms with Crippen molar-refractivity contribution < 1.29 is 23.6 Å². The Balaban J connectivity index is 0.00000281. The Hall–Kier alpha value is -1.96. The summed E-state index contributed by atoms with van der Waals surface area (Å²) in [5.74, 6) is 1.06. The van der Waals surface area contributed by atoms with E-state index in [4.69, 9.17) is 14.0 Å². The predicted molar refractivity (Wildman–Crippen MR) is 132 cm³/mol. The molecule has 0 unspecified atom stereocenters. The predicted octanol–water partition coefficient (Wildman–Crippen LogP) is 5.66. The number of ether oxygens (including phenoxy) is 2. The van der Waals surface area contributed by atoms with Crippen molar-refractivity contribution in [3.8, 4) is 0 Å². The highest BCUT2D eigenvalue weighted by Gasteiger charge is 2.26. The zero-order chi connectivity index (χ0) is 25.6. The number of carbonyl (C=O) groups excluding carboxylic acids is 2. The molecule has 0 aromatic carbocycles. The molecule has 1 aliphatic carbocycles. The van der Waals surface area contributed by atoms with Crippen LogP contribution >= 0.6 is 0 Å². The van der Waals surface area contributed by atoms with Crippen molar-refractivity contribution >= 4 is 11.9 Å². The SMILES string of the molecule is CC.CCOC(=O)CN(C)Cc1noc([C@H](CCCC2CCCCC2)CC(=O)OC(C)(C)C)n1. The maximum atomic E-state index is 12.5. The molecule has 196 valence electrons. The molecular weight excluding hydrogens is 434 g/mol. The summed E-state index contributed by atoms with van der Waals surface area (Å²) < 4.78 is 16.1. The maximum absolute atomic E-state index is 12.5. The quantitative estimate of drug-likeness (QED) is 0.353. The number of esters is 2. The lowest BCUT2D eigenvalue weighted by Gasteiger charge is -2.23. The van der Waals surface area contributed by atoms with Gasteiger partial charge in [0.15, 0.2) is 5.82 Å². The molecule has 34 heavy (non-hydrogen) atoms. The first-order valence-electron chi connectivity index (χ1n) is 13.0. The molecule has 1 aliphatic rings. The van der Waals surface area contributed by atoms with Gasteiger partial charge in [0.1, 0.15) is 5.60 Å². The highest BCUT2D eigenvalue weighted by atomic mass is 16.6.